The summed E-state index contributed by atoms with van der Waals surface area (Å²) in [4.78, 5) is 12.1. The molecule has 0 radical (unpaired) electrons. The van der Waals surface area contributed by atoms with Crippen LogP contribution in [0.4, 0.5) is 0 Å². The minimum absolute atomic E-state index is 0.0147. The maximum atomic E-state index is 12.1. The average molecular weight is 304 g/mol. The number of carbonyl (C=O) groups is 1. The Bertz CT molecular complexity index is 470. The lowest BCUT2D eigenvalue weighted by atomic mass is 9.93. The van der Waals surface area contributed by atoms with Crippen molar-refractivity contribution in [3.05, 3.63) is 29.8 Å². The number of hydrogen-bond acceptors (Lipinski definition) is 3. The Morgan fingerprint density at radius 3 is 2.91 bits per heavy atom. The summed E-state index contributed by atoms with van der Waals surface area (Å²) >= 11 is 0. The van der Waals surface area contributed by atoms with Gasteiger partial charge in [0.2, 0.25) is 5.91 Å². The minimum atomic E-state index is 0.0147. The number of piperidine rings is 1. The molecule has 2 N–H and O–H groups in total. The maximum Gasteiger partial charge on any atom is 0.220 e. The van der Waals surface area contributed by atoms with Crippen LogP contribution in [0, 0.1) is 5.92 Å². The first kappa shape index (κ1) is 16.8. The van der Waals surface area contributed by atoms with Gasteiger partial charge in [0.1, 0.15) is 5.75 Å². The molecule has 1 aromatic rings. The van der Waals surface area contributed by atoms with Crippen LogP contribution < -0.4 is 15.4 Å². The highest BCUT2D eigenvalue weighted by Crippen LogP contribution is 2.20. The minimum Gasteiger partial charge on any atom is -0.494 e. The van der Waals surface area contributed by atoms with Crippen LogP contribution in [-0.4, -0.2) is 25.6 Å². The Balaban J connectivity index is 1.78. The van der Waals surface area contributed by atoms with Crippen molar-refractivity contribution < 1.29 is 9.53 Å². The van der Waals surface area contributed by atoms with Crippen LogP contribution >= 0.6 is 0 Å². The molecule has 1 fully saturated rings. The summed E-state index contributed by atoms with van der Waals surface area (Å²) < 4.78 is 5.51. The van der Waals surface area contributed by atoms with Crippen molar-refractivity contribution in [2.75, 3.05) is 19.7 Å². The lowest BCUT2D eigenvalue weighted by Gasteiger charge is -2.22. The Morgan fingerprint density at radius 2 is 2.18 bits per heavy atom. The van der Waals surface area contributed by atoms with E-state index in [1.54, 1.807) is 0 Å². The summed E-state index contributed by atoms with van der Waals surface area (Å²) in [5.74, 6) is 1.70. The summed E-state index contributed by atoms with van der Waals surface area (Å²) in [5.41, 5.74) is 1.08. The van der Waals surface area contributed by atoms with Crippen LogP contribution in [0.5, 0.6) is 5.75 Å². The van der Waals surface area contributed by atoms with Gasteiger partial charge in [0.25, 0.3) is 0 Å². The second-order valence-electron chi connectivity index (χ2n) is 6.03. The number of benzene rings is 1. The average Bonchev–Trinajstić information content (AvgIpc) is 2.54. The zero-order valence-corrected chi connectivity index (χ0v) is 13.7. The van der Waals surface area contributed by atoms with Gasteiger partial charge in [-0.2, -0.15) is 0 Å². The molecule has 0 bridgehead atoms. The smallest absolute Gasteiger partial charge is 0.220 e. The molecule has 0 aromatic heterocycles. The molecule has 1 saturated heterocycles. The van der Waals surface area contributed by atoms with Crippen molar-refractivity contribution >= 4 is 5.91 Å². The topological polar surface area (TPSA) is 50.4 Å². The normalized spacial score (nSPS) is 17.0. The van der Waals surface area contributed by atoms with Gasteiger partial charge in [-0.15, -0.1) is 0 Å². The number of ether oxygens (including phenoxy) is 1. The fourth-order valence-corrected chi connectivity index (χ4v) is 2.94. The molecular formula is C18H28N2O2. The van der Waals surface area contributed by atoms with Crippen LogP contribution in [-0.2, 0) is 4.79 Å². The monoisotopic (exact) mass is 304 g/mol. The van der Waals surface area contributed by atoms with Gasteiger partial charge < -0.3 is 15.4 Å². The van der Waals surface area contributed by atoms with E-state index < -0.39 is 0 Å². The van der Waals surface area contributed by atoms with Crippen molar-refractivity contribution in [3.8, 4) is 5.75 Å². The third-order valence-corrected chi connectivity index (χ3v) is 4.28. The molecule has 1 heterocycles. The molecule has 1 amide bonds. The third kappa shape index (κ3) is 5.34. The van der Waals surface area contributed by atoms with Gasteiger partial charge in [-0.25, -0.2) is 0 Å². The summed E-state index contributed by atoms with van der Waals surface area (Å²) in [6.45, 7) is 6.83. The Morgan fingerprint density at radius 1 is 1.41 bits per heavy atom. The Kier molecular flexibility index (Phi) is 6.72. The quantitative estimate of drug-likeness (QED) is 0.814. The van der Waals surface area contributed by atoms with Gasteiger partial charge in [-0.05, 0) is 69.8 Å². The molecule has 0 aliphatic carbocycles. The van der Waals surface area contributed by atoms with E-state index in [4.69, 9.17) is 4.74 Å². The highest BCUT2D eigenvalue weighted by molar-refractivity contribution is 5.76. The van der Waals surface area contributed by atoms with E-state index in [-0.39, 0.29) is 11.9 Å². The summed E-state index contributed by atoms with van der Waals surface area (Å²) in [5, 5.41) is 6.45. The van der Waals surface area contributed by atoms with Gasteiger partial charge >= 0.3 is 0 Å². The molecule has 0 spiro atoms. The Labute approximate surface area is 133 Å². The number of nitrogens with one attached hydrogen (secondary N) is 2. The van der Waals surface area contributed by atoms with Gasteiger partial charge in [0.05, 0.1) is 12.6 Å². The molecule has 1 aliphatic rings. The second-order valence-corrected chi connectivity index (χ2v) is 6.03. The molecule has 1 aromatic carbocycles. The summed E-state index contributed by atoms with van der Waals surface area (Å²) in [6, 6.07) is 7.96. The van der Waals surface area contributed by atoms with Crippen LogP contribution in [0.15, 0.2) is 24.3 Å². The highest BCUT2D eigenvalue weighted by atomic mass is 16.5. The maximum absolute atomic E-state index is 12.1. The van der Waals surface area contributed by atoms with E-state index in [0.717, 1.165) is 30.8 Å². The number of amides is 1. The zero-order valence-electron chi connectivity index (χ0n) is 13.7. The molecule has 0 saturated carbocycles. The van der Waals surface area contributed by atoms with E-state index in [2.05, 4.69) is 10.6 Å². The molecule has 1 aliphatic heterocycles. The molecule has 4 nitrogen and oxygen atoms in total. The lowest BCUT2D eigenvalue weighted by Crippen LogP contribution is -2.30. The SMILES string of the molecule is CCOc1cccc(C(C)NC(=O)CCC2CCNCC2)c1. The van der Waals surface area contributed by atoms with Gasteiger partial charge in [-0.3, -0.25) is 4.79 Å². The predicted octanol–water partition coefficient (Wildman–Crippen LogP) is 3.04. The second kappa shape index (κ2) is 8.79. The molecule has 122 valence electrons. The molecule has 1 unspecified atom stereocenters. The van der Waals surface area contributed by atoms with E-state index in [1.807, 2.05) is 38.1 Å². The van der Waals surface area contributed by atoms with Crippen LogP contribution in [0.1, 0.15) is 51.1 Å². The largest absolute Gasteiger partial charge is 0.494 e. The van der Waals surface area contributed by atoms with Crippen LogP contribution in [0.3, 0.4) is 0 Å². The molecule has 1 atom stereocenters. The fraction of sp³-hybridized carbons (Fsp3) is 0.611. The molecule has 22 heavy (non-hydrogen) atoms. The van der Waals surface area contributed by atoms with E-state index in [1.165, 1.54) is 12.8 Å². The van der Waals surface area contributed by atoms with Crippen molar-refractivity contribution in [1.82, 2.24) is 10.6 Å². The highest BCUT2D eigenvalue weighted by Gasteiger charge is 2.16. The third-order valence-electron chi connectivity index (χ3n) is 4.28. The molecule has 2 rings (SSSR count). The van der Waals surface area contributed by atoms with Crippen molar-refractivity contribution in [2.45, 2.75) is 45.6 Å². The summed E-state index contributed by atoms with van der Waals surface area (Å²) in [7, 11) is 0. The van der Waals surface area contributed by atoms with Gasteiger partial charge in [-0.1, -0.05) is 12.1 Å². The first-order valence-corrected chi connectivity index (χ1v) is 8.42. The zero-order chi connectivity index (χ0) is 15.8. The lowest BCUT2D eigenvalue weighted by molar-refractivity contribution is -0.122. The molecule has 4 heteroatoms. The first-order valence-electron chi connectivity index (χ1n) is 8.42. The fourth-order valence-electron chi connectivity index (χ4n) is 2.94. The van der Waals surface area contributed by atoms with Crippen molar-refractivity contribution in [1.29, 1.82) is 0 Å². The van der Waals surface area contributed by atoms with Crippen LogP contribution in [0.2, 0.25) is 0 Å². The Hall–Kier alpha value is -1.55. The molecular weight excluding hydrogens is 276 g/mol. The summed E-state index contributed by atoms with van der Waals surface area (Å²) in [6.07, 6.45) is 4.01. The standard InChI is InChI=1S/C18H28N2O2/c1-3-22-17-6-4-5-16(13-17)14(2)20-18(21)8-7-15-9-11-19-12-10-15/h4-6,13-15,19H,3,7-12H2,1-2H3,(H,20,21). The predicted molar refractivity (Wildman–Crippen MR) is 89.0 cm³/mol. The number of carbonyl (C=O) groups excluding carboxylic acids is 1. The van der Waals surface area contributed by atoms with Crippen molar-refractivity contribution in [2.24, 2.45) is 5.92 Å². The van der Waals surface area contributed by atoms with Crippen LogP contribution in [0.25, 0.3) is 0 Å². The number of rotatable bonds is 7. The van der Waals surface area contributed by atoms with Gasteiger partial charge in [0.15, 0.2) is 0 Å². The first-order chi connectivity index (χ1) is 10.7. The van der Waals surface area contributed by atoms with E-state index in [0.29, 0.717) is 18.9 Å². The number of hydrogen-bond donors (Lipinski definition) is 2. The van der Waals surface area contributed by atoms with Crippen molar-refractivity contribution in [3.63, 3.8) is 0 Å². The van der Waals surface area contributed by atoms with E-state index in [9.17, 15) is 4.79 Å². The van der Waals surface area contributed by atoms with E-state index >= 15 is 0 Å². The van der Waals surface area contributed by atoms with Gasteiger partial charge in [0, 0.05) is 6.42 Å².